The van der Waals surface area contributed by atoms with Gasteiger partial charge in [-0.25, -0.2) is 20.8 Å². The average molecular weight is 438 g/mol. The van der Waals surface area contributed by atoms with Crippen LogP contribution in [0, 0.1) is 0 Å². The van der Waals surface area contributed by atoms with Crippen molar-refractivity contribution >= 4 is 11.6 Å². The van der Waals surface area contributed by atoms with E-state index in [1.54, 1.807) is 13.2 Å². The van der Waals surface area contributed by atoms with Crippen molar-refractivity contribution in [3.63, 3.8) is 0 Å². The fraction of sp³-hybridized carbons (Fsp3) is 0.542. The summed E-state index contributed by atoms with van der Waals surface area (Å²) in [4.78, 5) is 13.8. The number of aromatic nitrogens is 3. The molecular formula is C24H35N7O. The Kier molecular flexibility index (Phi) is 7.09. The van der Waals surface area contributed by atoms with Gasteiger partial charge < -0.3 is 20.8 Å². The van der Waals surface area contributed by atoms with Crippen molar-refractivity contribution in [2.45, 2.75) is 70.3 Å². The molecule has 0 radical (unpaired) electrons. The molecule has 2 heterocycles. The van der Waals surface area contributed by atoms with Gasteiger partial charge in [0.25, 0.3) is 0 Å². The summed E-state index contributed by atoms with van der Waals surface area (Å²) in [6.45, 7) is 2.48. The molecule has 0 atom stereocenters. The Balaban J connectivity index is 1.50. The lowest BCUT2D eigenvalue weighted by atomic mass is 9.98. The van der Waals surface area contributed by atoms with Crippen molar-refractivity contribution in [2.75, 3.05) is 18.9 Å². The number of anilines is 1. The first-order chi connectivity index (χ1) is 15.5. The molecule has 0 aliphatic heterocycles. The van der Waals surface area contributed by atoms with Crippen LogP contribution in [0.2, 0.25) is 0 Å². The van der Waals surface area contributed by atoms with Crippen LogP contribution in [0.3, 0.4) is 0 Å². The predicted octanol–water partition coefficient (Wildman–Crippen LogP) is 3.57. The number of rotatable bonds is 9. The lowest BCUT2D eigenvalue weighted by Crippen LogP contribution is -2.32. The average Bonchev–Trinajstić information content (AvgIpc) is 3.66. The molecule has 2 aliphatic rings. The molecule has 2 aromatic rings. The molecule has 0 spiro atoms. The van der Waals surface area contributed by atoms with Crippen molar-refractivity contribution in [3.8, 4) is 5.75 Å². The van der Waals surface area contributed by atoms with Gasteiger partial charge in [0, 0.05) is 24.9 Å². The van der Waals surface area contributed by atoms with E-state index in [-0.39, 0.29) is 6.10 Å². The van der Waals surface area contributed by atoms with E-state index in [0.717, 1.165) is 42.1 Å². The van der Waals surface area contributed by atoms with E-state index in [9.17, 15) is 0 Å². The lowest BCUT2D eigenvalue weighted by molar-refractivity contribution is 0.153. The molecule has 0 unspecified atom stereocenters. The number of nitrogens with zero attached hydrogens (tertiary/aromatic N) is 4. The van der Waals surface area contributed by atoms with Crippen molar-refractivity contribution in [1.82, 2.24) is 20.0 Å². The summed E-state index contributed by atoms with van der Waals surface area (Å²) in [5.74, 6) is 8.13. The largest absolute Gasteiger partial charge is 0.489 e. The van der Waals surface area contributed by atoms with Gasteiger partial charge in [0.05, 0.1) is 35.4 Å². The Labute approximate surface area is 190 Å². The second-order valence-electron chi connectivity index (χ2n) is 8.78. The van der Waals surface area contributed by atoms with Crippen molar-refractivity contribution < 1.29 is 4.74 Å². The number of pyridine rings is 1. The Morgan fingerprint density at radius 1 is 1.12 bits per heavy atom. The molecule has 32 heavy (non-hydrogen) atoms. The first-order valence-electron chi connectivity index (χ1n) is 11.8. The molecule has 0 saturated heterocycles. The Bertz CT molecular complexity index is 949. The highest BCUT2D eigenvalue weighted by Gasteiger charge is 2.25. The van der Waals surface area contributed by atoms with E-state index < -0.39 is 0 Å². The molecule has 172 valence electrons. The molecule has 5 N–H and O–H groups in total. The normalized spacial score (nSPS) is 17.6. The first-order valence-corrected chi connectivity index (χ1v) is 11.8. The van der Waals surface area contributed by atoms with Crippen LogP contribution in [0.25, 0.3) is 5.70 Å². The summed E-state index contributed by atoms with van der Waals surface area (Å²) in [6.07, 6.45) is 11.3. The zero-order chi connectivity index (χ0) is 22.5. The van der Waals surface area contributed by atoms with Gasteiger partial charge in [-0.1, -0.05) is 13.3 Å². The zero-order valence-electron chi connectivity index (χ0n) is 19.2. The highest BCUT2D eigenvalue weighted by molar-refractivity contribution is 5.64. The van der Waals surface area contributed by atoms with Gasteiger partial charge in [-0.2, -0.15) is 0 Å². The molecule has 8 nitrogen and oxygen atoms in total. The molecule has 2 aromatic heterocycles. The molecule has 0 bridgehead atoms. The van der Waals surface area contributed by atoms with Crippen molar-refractivity contribution in [1.29, 1.82) is 0 Å². The highest BCUT2D eigenvalue weighted by atomic mass is 16.5. The number of ether oxygens (including phenoxy) is 1. The predicted molar refractivity (Wildman–Crippen MR) is 127 cm³/mol. The number of likely N-dealkylation sites (N-methyl/N-ethyl adjacent to an activating group) is 1. The summed E-state index contributed by atoms with van der Waals surface area (Å²) in [5, 5.41) is 4.78. The zero-order valence-corrected chi connectivity index (χ0v) is 19.2. The third-order valence-corrected chi connectivity index (χ3v) is 6.21. The van der Waals surface area contributed by atoms with Crippen LogP contribution in [0.4, 0.5) is 5.95 Å². The highest BCUT2D eigenvalue weighted by Crippen LogP contribution is 2.38. The first kappa shape index (κ1) is 22.3. The van der Waals surface area contributed by atoms with E-state index in [2.05, 4.69) is 22.2 Å². The molecular weight excluding hydrogens is 402 g/mol. The molecule has 2 aliphatic carbocycles. The van der Waals surface area contributed by atoms with Crippen molar-refractivity contribution in [2.24, 2.45) is 11.6 Å². The van der Waals surface area contributed by atoms with Crippen LogP contribution in [0.15, 0.2) is 30.1 Å². The van der Waals surface area contributed by atoms with E-state index >= 15 is 0 Å². The van der Waals surface area contributed by atoms with Crippen LogP contribution in [0.1, 0.15) is 74.9 Å². The molecule has 0 amide bonds. The van der Waals surface area contributed by atoms with Gasteiger partial charge in [-0.15, -0.1) is 0 Å². The third-order valence-electron chi connectivity index (χ3n) is 6.21. The van der Waals surface area contributed by atoms with E-state index in [4.69, 9.17) is 21.3 Å². The lowest BCUT2D eigenvalue weighted by Gasteiger charge is -2.24. The van der Waals surface area contributed by atoms with E-state index in [1.165, 1.54) is 37.1 Å². The second-order valence-corrected chi connectivity index (χ2v) is 8.78. The smallest absolute Gasteiger partial charge is 0.223 e. The quantitative estimate of drug-likeness (QED) is 0.403. The van der Waals surface area contributed by atoms with Gasteiger partial charge in [-0.05, 0) is 63.1 Å². The summed E-state index contributed by atoms with van der Waals surface area (Å²) in [5.41, 5.74) is 10.5. The molecule has 8 heteroatoms. The Hall–Kier alpha value is -2.87. The summed E-state index contributed by atoms with van der Waals surface area (Å²) in [6, 6.07) is 5.89. The van der Waals surface area contributed by atoms with Crippen LogP contribution in [-0.2, 0) is 6.42 Å². The number of nitrogens with two attached hydrogens (primary N) is 2. The fourth-order valence-electron chi connectivity index (χ4n) is 4.15. The molecule has 2 fully saturated rings. The summed E-state index contributed by atoms with van der Waals surface area (Å²) in [7, 11) is 1.77. The minimum Gasteiger partial charge on any atom is -0.489 e. The number of aryl methyl sites for hydroxylation is 1. The maximum atomic E-state index is 6.52. The van der Waals surface area contributed by atoms with Crippen LogP contribution in [0.5, 0.6) is 5.75 Å². The topological polar surface area (TPSA) is 115 Å². The summed E-state index contributed by atoms with van der Waals surface area (Å²) >= 11 is 0. The Morgan fingerprint density at radius 3 is 2.59 bits per heavy atom. The Morgan fingerprint density at radius 2 is 1.91 bits per heavy atom. The number of nitrogens with one attached hydrogen (secondary N) is 1. The maximum Gasteiger partial charge on any atom is 0.223 e. The van der Waals surface area contributed by atoms with Crippen LogP contribution < -0.4 is 21.6 Å². The standard InChI is InChI=1S/C24H35N7O/c1-3-18-22(32-17-7-5-4-6-8-17)12-11-20(29-18)23(25)21(31(2)26)15-28-24-27-14-13-19(30-24)16-9-10-16/h11-14,16-17H,3-10,15,25-26H2,1-2H3,(H,27,28,30)/b23-21-. The number of hydrogen-bond acceptors (Lipinski definition) is 8. The molecule has 0 aromatic carbocycles. The van der Waals surface area contributed by atoms with Crippen LogP contribution in [-0.4, -0.2) is 39.7 Å². The monoisotopic (exact) mass is 437 g/mol. The van der Waals surface area contributed by atoms with Gasteiger partial charge in [0.2, 0.25) is 5.95 Å². The van der Waals surface area contributed by atoms with Crippen LogP contribution >= 0.6 is 0 Å². The van der Waals surface area contributed by atoms with Gasteiger partial charge in [0.1, 0.15) is 5.75 Å². The van der Waals surface area contributed by atoms with Gasteiger partial charge in [-0.3, -0.25) is 0 Å². The summed E-state index contributed by atoms with van der Waals surface area (Å²) < 4.78 is 6.28. The maximum absolute atomic E-state index is 6.52. The fourth-order valence-corrected chi connectivity index (χ4v) is 4.15. The minimum atomic E-state index is 0.288. The van der Waals surface area contributed by atoms with E-state index in [1.807, 2.05) is 18.2 Å². The van der Waals surface area contributed by atoms with Gasteiger partial charge in [0.15, 0.2) is 0 Å². The van der Waals surface area contributed by atoms with Gasteiger partial charge >= 0.3 is 0 Å². The second kappa shape index (κ2) is 10.2. The molecule has 4 rings (SSSR count). The van der Waals surface area contributed by atoms with E-state index in [0.29, 0.717) is 29.8 Å². The van der Waals surface area contributed by atoms with Crippen molar-refractivity contribution in [3.05, 3.63) is 47.2 Å². The molecule has 2 saturated carbocycles. The number of hydrazine groups is 1. The number of hydrogen-bond donors (Lipinski definition) is 3. The minimum absolute atomic E-state index is 0.288. The third kappa shape index (κ3) is 5.48. The SMILES string of the molecule is CCc1nc(/C(N)=C(\CNc2nccc(C3CC3)n2)N(C)N)ccc1OC1CCCCC1.